The Bertz CT molecular complexity index is 694. The molecule has 2 aromatic carbocycles. The standard InChI is InChI=1S/C19H18O2/c1-13(2)15-9-7-14(8-10-15)11-16-12-21-18-6-4-3-5-17(18)19(16)20/h3-11,13H,12H2,1-2H3/b16-11+. The zero-order valence-electron chi connectivity index (χ0n) is 12.3. The van der Waals surface area contributed by atoms with Crippen LogP contribution in [0.1, 0.15) is 41.3 Å². The van der Waals surface area contributed by atoms with Gasteiger partial charge in [0.2, 0.25) is 0 Å². The second kappa shape index (κ2) is 5.57. The SMILES string of the molecule is CC(C)c1ccc(/C=C2\COc3ccccc3C2=O)cc1. The number of hydrogen-bond acceptors (Lipinski definition) is 2. The summed E-state index contributed by atoms with van der Waals surface area (Å²) < 4.78 is 5.65. The second-order valence-corrected chi connectivity index (χ2v) is 5.60. The third kappa shape index (κ3) is 2.75. The van der Waals surface area contributed by atoms with Crippen molar-refractivity contribution < 1.29 is 9.53 Å². The highest BCUT2D eigenvalue weighted by Crippen LogP contribution is 2.27. The third-order valence-electron chi connectivity index (χ3n) is 3.75. The summed E-state index contributed by atoms with van der Waals surface area (Å²) >= 11 is 0. The molecule has 0 aliphatic carbocycles. The van der Waals surface area contributed by atoms with Crippen molar-refractivity contribution in [2.45, 2.75) is 19.8 Å². The molecule has 0 radical (unpaired) electrons. The summed E-state index contributed by atoms with van der Waals surface area (Å²) in [5, 5.41) is 0. The predicted octanol–water partition coefficient (Wildman–Crippen LogP) is 4.47. The molecule has 0 N–H and O–H groups in total. The van der Waals surface area contributed by atoms with Crippen molar-refractivity contribution in [2.24, 2.45) is 0 Å². The van der Waals surface area contributed by atoms with E-state index in [0.717, 1.165) is 5.56 Å². The van der Waals surface area contributed by atoms with Crippen molar-refractivity contribution in [2.75, 3.05) is 6.61 Å². The Hall–Kier alpha value is -2.35. The molecule has 1 heterocycles. The summed E-state index contributed by atoms with van der Waals surface area (Å²) in [6.07, 6.45) is 1.92. The third-order valence-corrected chi connectivity index (χ3v) is 3.75. The van der Waals surface area contributed by atoms with Crippen molar-refractivity contribution in [1.82, 2.24) is 0 Å². The molecule has 3 rings (SSSR count). The summed E-state index contributed by atoms with van der Waals surface area (Å²) in [6.45, 7) is 4.67. The first kappa shape index (κ1) is 13.6. The molecule has 21 heavy (non-hydrogen) atoms. The van der Waals surface area contributed by atoms with Crippen LogP contribution in [0.4, 0.5) is 0 Å². The van der Waals surface area contributed by atoms with Gasteiger partial charge in [0.15, 0.2) is 5.78 Å². The number of para-hydroxylation sites is 1. The van der Waals surface area contributed by atoms with Crippen molar-refractivity contribution >= 4 is 11.9 Å². The molecule has 1 aliphatic rings. The maximum atomic E-state index is 12.4. The average Bonchev–Trinajstić information content (AvgIpc) is 2.51. The summed E-state index contributed by atoms with van der Waals surface area (Å²) in [5.74, 6) is 1.25. The molecule has 1 aliphatic heterocycles. The van der Waals surface area contributed by atoms with E-state index in [1.165, 1.54) is 5.56 Å². The van der Waals surface area contributed by atoms with E-state index in [-0.39, 0.29) is 5.78 Å². The van der Waals surface area contributed by atoms with Crippen LogP contribution in [0.3, 0.4) is 0 Å². The molecule has 0 saturated heterocycles. The Morgan fingerprint density at radius 1 is 1.05 bits per heavy atom. The van der Waals surface area contributed by atoms with Crippen LogP contribution in [0.15, 0.2) is 54.1 Å². The molecular formula is C19H18O2. The Balaban J connectivity index is 1.89. The fraction of sp³-hybridized carbons (Fsp3) is 0.211. The Morgan fingerprint density at radius 3 is 2.48 bits per heavy atom. The van der Waals surface area contributed by atoms with Gasteiger partial charge in [0.05, 0.1) is 5.56 Å². The van der Waals surface area contributed by atoms with Crippen LogP contribution in [0, 0.1) is 0 Å². The minimum absolute atomic E-state index is 0.0600. The molecular weight excluding hydrogens is 260 g/mol. The van der Waals surface area contributed by atoms with Crippen LogP contribution < -0.4 is 4.74 Å². The minimum atomic E-state index is 0.0600. The van der Waals surface area contributed by atoms with Crippen LogP contribution in [-0.2, 0) is 0 Å². The highest BCUT2D eigenvalue weighted by Gasteiger charge is 2.22. The van der Waals surface area contributed by atoms with Crippen LogP contribution in [0.25, 0.3) is 6.08 Å². The number of benzene rings is 2. The molecule has 2 nitrogen and oxygen atoms in total. The lowest BCUT2D eigenvalue weighted by Crippen LogP contribution is -2.18. The van der Waals surface area contributed by atoms with Crippen LogP contribution in [-0.4, -0.2) is 12.4 Å². The fourth-order valence-electron chi connectivity index (χ4n) is 2.46. The summed E-state index contributed by atoms with van der Waals surface area (Å²) in [5.41, 5.74) is 3.68. The first-order valence-corrected chi connectivity index (χ1v) is 7.22. The van der Waals surface area contributed by atoms with E-state index in [2.05, 4.69) is 38.1 Å². The Morgan fingerprint density at radius 2 is 1.76 bits per heavy atom. The smallest absolute Gasteiger partial charge is 0.196 e. The van der Waals surface area contributed by atoms with E-state index in [0.29, 0.717) is 29.4 Å². The molecule has 106 valence electrons. The molecule has 2 heteroatoms. The van der Waals surface area contributed by atoms with Gasteiger partial charge in [-0.25, -0.2) is 0 Å². The molecule has 0 amide bonds. The Kier molecular flexibility index (Phi) is 3.61. The molecule has 0 fully saturated rings. The number of rotatable bonds is 2. The van der Waals surface area contributed by atoms with Gasteiger partial charge in [0, 0.05) is 5.57 Å². The van der Waals surface area contributed by atoms with Gasteiger partial charge in [-0.3, -0.25) is 4.79 Å². The summed E-state index contributed by atoms with van der Waals surface area (Å²) in [7, 11) is 0. The molecule has 2 aromatic rings. The quantitative estimate of drug-likeness (QED) is 0.758. The number of hydrogen-bond donors (Lipinski definition) is 0. The van der Waals surface area contributed by atoms with Crippen molar-refractivity contribution in [1.29, 1.82) is 0 Å². The van der Waals surface area contributed by atoms with Gasteiger partial charge in [-0.15, -0.1) is 0 Å². The van der Waals surface area contributed by atoms with Crippen molar-refractivity contribution in [3.8, 4) is 5.75 Å². The largest absolute Gasteiger partial charge is 0.488 e. The molecule has 0 unspecified atom stereocenters. The summed E-state index contributed by atoms with van der Waals surface area (Å²) in [4.78, 5) is 12.4. The second-order valence-electron chi connectivity index (χ2n) is 5.60. The van der Waals surface area contributed by atoms with E-state index in [1.54, 1.807) is 0 Å². The topological polar surface area (TPSA) is 26.3 Å². The molecule has 0 bridgehead atoms. The molecule has 0 aromatic heterocycles. The maximum absolute atomic E-state index is 12.4. The summed E-state index contributed by atoms with van der Waals surface area (Å²) in [6, 6.07) is 15.7. The first-order valence-electron chi connectivity index (χ1n) is 7.22. The van der Waals surface area contributed by atoms with E-state index < -0.39 is 0 Å². The van der Waals surface area contributed by atoms with Gasteiger partial charge in [0.1, 0.15) is 12.4 Å². The zero-order valence-corrected chi connectivity index (χ0v) is 12.3. The van der Waals surface area contributed by atoms with Crippen LogP contribution >= 0.6 is 0 Å². The van der Waals surface area contributed by atoms with Gasteiger partial charge in [-0.05, 0) is 35.3 Å². The number of Topliss-reactive ketones (excluding diaryl/α,β-unsaturated/α-hetero) is 1. The van der Waals surface area contributed by atoms with E-state index in [9.17, 15) is 4.79 Å². The van der Waals surface area contributed by atoms with Crippen molar-refractivity contribution in [3.05, 3.63) is 70.8 Å². The highest BCUT2D eigenvalue weighted by molar-refractivity contribution is 6.14. The lowest BCUT2D eigenvalue weighted by molar-refractivity contribution is 0.100. The van der Waals surface area contributed by atoms with Crippen LogP contribution in [0.2, 0.25) is 0 Å². The Labute approximate surface area is 125 Å². The van der Waals surface area contributed by atoms with Gasteiger partial charge >= 0.3 is 0 Å². The highest BCUT2D eigenvalue weighted by atomic mass is 16.5. The van der Waals surface area contributed by atoms with Gasteiger partial charge in [0.25, 0.3) is 0 Å². The fourth-order valence-corrected chi connectivity index (χ4v) is 2.46. The molecule has 0 atom stereocenters. The number of carbonyl (C=O) groups excluding carboxylic acids is 1. The van der Waals surface area contributed by atoms with Gasteiger partial charge < -0.3 is 4.74 Å². The van der Waals surface area contributed by atoms with Crippen LogP contribution in [0.5, 0.6) is 5.75 Å². The lowest BCUT2D eigenvalue weighted by atomic mass is 9.97. The normalized spacial score (nSPS) is 16.0. The number of fused-ring (bicyclic) bond motifs is 1. The van der Waals surface area contributed by atoms with E-state index >= 15 is 0 Å². The van der Waals surface area contributed by atoms with Gasteiger partial charge in [-0.1, -0.05) is 50.2 Å². The molecule has 0 saturated carbocycles. The van der Waals surface area contributed by atoms with E-state index in [1.807, 2.05) is 30.3 Å². The van der Waals surface area contributed by atoms with Crippen molar-refractivity contribution in [3.63, 3.8) is 0 Å². The maximum Gasteiger partial charge on any atom is 0.196 e. The average molecular weight is 278 g/mol. The number of ketones is 1. The zero-order chi connectivity index (χ0) is 14.8. The van der Waals surface area contributed by atoms with E-state index in [4.69, 9.17) is 4.74 Å². The molecule has 0 spiro atoms. The monoisotopic (exact) mass is 278 g/mol. The number of carbonyl (C=O) groups is 1. The lowest BCUT2D eigenvalue weighted by Gasteiger charge is -2.18. The minimum Gasteiger partial charge on any atom is -0.488 e. The number of ether oxygens (including phenoxy) is 1. The van der Waals surface area contributed by atoms with Gasteiger partial charge in [-0.2, -0.15) is 0 Å². The predicted molar refractivity (Wildman–Crippen MR) is 84.8 cm³/mol. The first-order chi connectivity index (χ1) is 10.1.